The Morgan fingerprint density at radius 2 is 2.00 bits per heavy atom. The average Bonchev–Trinajstić information content (AvgIpc) is 2.41. The summed E-state index contributed by atoms with van der Waals surface area (Å²) in [6.45, 7) is 6.08. The number of halogens is 1. The third kappa shape index (κ3) is 3.49. The van der Waals surface area contributed by atoms with Crippen LogP contribution in [-0.2, 0) is 0 Å². The predicted molar refractivity (Wildman–Crippen MR) is 89.9 cm³/mol. The van der Waals surface area contributed by atoms with E-state index in [1.54, 1.807) is 12.4 Å². The fraction of sp³-hybridized carbons (Fsp3) is 0.312. The molecule has 0 aliphatic carbocycles. The Hall–Kier alpha value is -1.14. The summed E-state index contributed by atoms with van der Waals surface area (Å²) in [7, 11) is 0. The van der Waals surface area contributed by atoms with Gasteiger partial charge in [-0.1, -0.05) is 18.2 Å². The maximum Gasteiger partial charge on any atom is 0.138 e. The molecule has 1 heterocycles. The lowest BCUT2D eigenvalue weighted by atomic mass is 9.99. The summed E-state index contributed by atoms with van der Waals surface area (Å²) in [6, 6.07) is 7.97. The molecular weight excluding hydrogens is 363 g/mol. The number of benzene rings is 1. The topological polar surface area (TPSA) is 48.1 Å². The van der Waals surface area contributed by atoms with Crippen molar-refractivity contribution in [1.82, 2.24) is 4.98 Å². The highest BCUT2D eigenvalue weighted by Crippen LogP contribution is 2.27. The number of nitrogens with two attached hydrogens (primary N) is 1. The van der Waals surface area contributed by atoms with Gasteiger partial charge in [0.25, 0.3) is 0 Å². The van der Waals surface area contributed by atoms with E-state index < -0.39 is 0 Å². The van der Waals surface area contributed by atoms with Crippen LogP contribution in [0.5, 0.6) is 5.75 Å². The van der Waals surface area contributed by atoms with Gasteiger partial charge in [0.2, 0.25) is 0 Å². The number of pyridine rings is 1. The third-order valence-electron chi connectivity index (χ3n) is 3.02. The summed E-state index contributed by atoms with van der Waals surface area (Å²) < 4.78 is 6.88. The third-order valence-corrected chi connectivity index (χ3v) is 4.50. The van der Waals surface area contributed by atoms with E-state index in [9.17, 15) is 0 Å². The first-order valence-corrected chi connectivity index (χ1v) is 7.69. The molecule has 0 radical (unpaired) electrons. The molecule has 0 aliphatic rings. The van der Waals surface area contributed by atoms with E-state index in [2.05, 4.69) is 46.6 Å². The summed E-state index contributed by atoms with van der Waals surface area (Å²) in [5.74, 6) is 0.760. The number of aromatic nitrogens is 1. The molecule has 0 saturated carbocycles. The molecule has 0 fully saturated rings. The predicted octanol–water partition coefficient (Wildman–Crippen LogP) is 3.83. The van der Waals surface area contributed by atoms with E-state index in [1.807, 2.05) is 26.0 Å². The molecule has 1 unspecified atom stereocenters. The fourth-order valence-corrected chi connectivity index (χ4v) is 2.73. The molecular formula is C16H19IN2O. The Morgan fingerprint density at radius 3 is 2.70 bits per heavy atom. The summed E-state index contributed by atoms with van der Waals surface area (Å²) in [5, 5.41) is 0. The summed E-state index contributed by atoms with van der Waals surface area (Å²) in [5.41, 5.74) is 9.71. The van der Waals surface area contributed by atoms with E-state index in [4.69, 9.17) is 10.5 Å². The van der Waals surface area contributed by atoms with Crippen molar-refractivity contribution < 1.29 is 4.74 Å². The van der Waals surface area contributed by atoms with Gasteiger partial charge in [-0.05, 0) is 66.1 Å². The standard InChI is InChI=1S/C16H19IN2O/c1-10(2)20-13-7-12(8-19-9-13)16(18)14-6-4-5-11(3)15(14)17/h4-10,16H,18H2,1-3H3. The molecule has 1 atom stereocenters. The highest BCUT2D eigenvalue weighted by molar-refractivity contribution is 14.1. The molecule has 0 bridgehead atoms. The van der Waals surface area contributed by atoms with Gasteiger partial charge in [-0.25, -0.2) is 0 Å². The number of nitrogens with zero attached hydrogens (tertiary/aromatic N) is 1. The van der Waals surface area contributed by atoms with Crippen LogP contribution in [0.1, 0.15) is 36.6 Å². The molecule has 0 spiro atoms. The van der Waals surface area contributed by atoms with Crippen LogP contribution in [0.15, 0.2) is 36.7 Å². The molecule has 4 heteroatoms. The normalized spacial score (nSPS) is 12.5. The lowest BCUT2D eigenvalue weighted by molar-refractivity contribution is 0.241. The van der Waals surface area contributed by atoms with Crippen LogP contribution < -0.4 is 10.5 Å². The molecule has 2 N–H and O–H groups in total. The van der Waals surface area contributed by atoms with Crippen molar-refractivity contribution in [2.45, 2.75) is 32.9 Å². The van der Waals surface area contributed by atoms with Crippen molar-refractivity contribution in [2.75, 3.05) is 0 Å². The zero-order valence-electron chi connectivity index (χ0n) is 11.9. The first-order chi connectivity index (χ1) is 9.49. The molecule has 0 aliphatic heterocycles. The fourth-order valence-electron chi connectivity index (χ4n) is 2.03. The van der Waals surface area contributed by atoms with Crippen molar-refractivity contribution in [1.29, 1.82) is 0 Å². The minimum absolute atomic E-state index is 0.127. The average molecular weight is 382 g/mol. The zero-order chi connectivity index (χ0) is 14.7. The first-order valence-electron chi connectivity index (χ1n) is 6.61. The second-order valence-corrected chi connectivity index (χ2v) is 6.16. The van der Waals surface area contributed by atoms with E-state index in [1.165, 1.54) is 9.13 Å². The van der Waals surface area contributed by atoms with Gasteiger partial charge >= 0.3 is 0 Å². The second kappa shape index (κ2) is 6.54. The molecule has 1 aromatic heterocycles. The molecule has 0 saturated heterocycles. The monoisotopic (exact) mass is 382 g/mol. The van der Waals surface area contributed by atoms with Gasteiger partial charge in [-0.3, -0.25) is 4.98 Å². The molecule has 2 rings (SSSR count). The summed E-state index contributed by atoms with van der Waals surface area (Å²) in [6.07, 6.45) is 3.65. The van der Waals surface area contributed by atoms with Crippen LogP contribution in [-0.4, -0.2) is 11.1 Å². The van der Waals surface area contributed by atoms with Crippen molar-refractivity contribution in [3.63, 3.8) is 0 Å². The SMILES string of the molecule is Cc1cccc(C(N)c2cncc(OC(C)C)c2)c1I. The van der Waals surface area contributed by atoms with Crippen molar-refractivity contribution >= 4 is 22.6 Å². The lowest BCUT2D eigenvalue weighted by Crippen LogP contribution is -2.15. The molecule has 20 heavy (non-hydrogen) atoms. The molecule has 3 nitrogen and oxygen atoms in total. The van der Waals surface area contributed by atoms with Crippen molar-refractivity contribution in [3.8, 4) is 5.75 Å². The number of aryl methyl sites for hydroxylation is 1. The maximum absolute atomic E-state index is 6.39. The van der Waals surface area contributed by atoms with Gasteiger partial charge in [0.05, 0.1) is 18.3 Å². The lowest BCUT2D eigenvalue weighted by Gasteiger charge is -2.17. The maximum atomic E-state index is 6.39. The quantitative estimate of drug-likeness (QED) is 0.818. The van der Waals surface area contributed by atoms with E-state index in [-0.39, 0.29) is 12.1 Å². The van der Waals surface area contributed by atoms with Crippen molar-refractivity contribution in [2.24, 2.45) is 5.73 Å². The number of ether oxygens (including phenoxy) is 1. The summed E-state index contributed by atoms with van der Waals surface area (Å²) >= 11 is 2.34. The van der Waals surface area contributed by atoms with E-state index in [0.29, 0.717) is 0 Å². The van der Waals surface area contributed by atoms with Gasteiger partial charge in [-0.15, -0.1) is 0 Å². The molecule has 2 aromatic rings. The van der Waals surface area contributed by atoms with Crippen LogP contribution >= 0.6 is 22.6 Å². The van der Waals surface area contributed by atoms with Crippen LogP contribution in [0.25, 0.3) is 0 Å². The van der Waals surface area contributed by atoms with Crippen LogP contribution in [0.2, 0.25) is 0 Å². The van der Waals surface area contributed by atoms with Gasteiger partial charge < -0.3 is 10.5 Å². The summed E-state index contributed by atoms with van der Waals surface area (Å²) in [4.78, 5) is 4.23. The van der Waals surface area contributed by atoms with Gasteiger partial charge in [-0.2, -0.15) is 0 Å². The van der Waals surface area contributed by atoms with Gasteiger partial charge in [0.1, 0.15) is 5.75 Å². The molecule has 0 amide bonds. The number of hydrogen-bond acceptors (Lipinski definition) is 3. The Kier molecular flexibility index (Phi) is 4.99. The Morgan fingerprint density at radius 1 is 1.25 bits per heavy atom. The molecule has 106 valence electrons. The van der Waals surface area contributed by atoms with E-state index in [0.717, 1.165) is 16.9 Å². The zero-order valence-corrected chi connectivity index (χ0v) is 14.1. The van der Waals surface area contributed by atoms with E-state index >= 15 is 0 Å². The molecule has 1 aromatic carbocycles. The van der Waals surface area contributed by atoms with Crippen LogP contribution in [0.4, 0.5) is 0 Å². The van der Waals surface area contributed by atoms with Crippen LogP contribution in [0.3, 0.4) is 0 Å². The first kappa shape index (κ1) is 15.3. The largest absolute Gasteiger partial charge is 0.489 e. The number of hydrogen-bond donors (Lipinski definition) is 1. The van der Waals surface area contributed by atoms with Crippen LogP contribution in [0, 0.1) is 10.5 Å². The Bertz CT molecular complexity index is 599. The van der Waals surface area contributed by atoms with Gasteiger partial charge in [0.15, 0.2) is 0 Å². The highest BCUT2D eigenvalue weighted by atomic mass is 127. The number of rotatable bonds is 4. The minimum Gasteiger partial charge on any atom is -0.489 e. The second-order valence-electron chi connectivity index (χ2n) is 5.08. The van der Waals surface area contributed by atoms with Gasteiger partial charge in [0, 0.05) is 9.77 Å². The highest BCUT2D eigenvalue weighted by Gasteiger charge is 2.14. The Labute approximate surface area is 133 Å². The Balaban J connectivity index is 2.33. The van der Waals surface area contributed by atoms with Crippen molar-refractivity contribution in [3.05, 3.63) is 56.9 Å². The smallest absolute Gasteiger partial charge is 0.138 e. The minimum atomic E-state index is -0.190.